The Morgan fingerprint density at radius 1 is 1.25 bits per heavy atom. The van der Waals surface area contributed by atoms with Crippen LogP contribution in [0.5, 0.6) is 0 Å². The first-order chi connectivity index (χ1) is 17.2. The second-order valence-electron chi connectivity index (χ2n) is 9.31. The normalized spacial score (nSPS) is 19.0. The van der Waals surface area contributed by atoms with E-state index in [4.69, 9.17) is 14.2 Å². The lowest BCUT2D eigenvalue weighted by molar-refractivity contribution is -0.177. The van der Waals surface area contributed by atoms with E-state index in [9.17, 15) is 14.7 Å². The Balaban J connectivity index is 1.43. The summed E-state index contributed by atoms with van der Waals surface area (Å²) < 4.78 is 15.7. The number of allylic oxidation sites excluding steroid dienone is 3. The van der Waals surface area contributed by atoms with E-state index in [1.807, 2.05) is 19.1 Å². The molecule has 1 unspecified atom stereocenters. The molecular weight excluding hydrogens is 466 g/mol. The number of nitrogens with zero attached hydrogens (tertiary/aromatic N) is 3. The Hall–Kier alpha value is -3.57. The number of aromatic nitrogens is 1. The van der Waals surface area contributed by atoms with Gasteiger partial charge in [0.25, 0.3) is 5.91 Å². The van der Waals surface area contributed by atoms with Crippen molar-refractivity contribution in [1.82, 2.24) is 15.8 Å². The van der Waals surface area contributed by atoms with Crippen molar-refractivity contribution >= 4 is 23.4 Å². The average Bonchev–Trinajstić information content (AvgIpc) is 3.26. The molecule has 194 valence electrons. The number of nitrogens with one attached hydrogen (secondary N) is 2. The van der Waals surface area contributed by atoms with Gasteiger partial charge < -0.3 is 24.2 Å². The number of carbonyl (C=O) groups excluding carboxylic acids is 2. The quantitative estimate of drug-likeness (QED) is 0.200. The number of hydrogen-bond acceptors (Lipinski definition) is 10. The number of amides is 1. The van der Waals surface area contributed by atoms with E-state index >= 15 is 0 Å². The standard InChI is InChI=1S/C25H33N5O6/c1-16(18-7-9-21(28-27-18)35-12-5-13-36-25(2,3)33)14-22(31)30-17-10-11-29(15-17)20-8-6-19(24(32)34-4)26-23(20)30/h6-9,14,17,27-28,33H,5,10-13,15H2,1-4H3. The second-order valence-corrected chi connectivity index (χ2v) is 9.31. The van der Waals surface area contributed by atoms with Crippen LogP contribution < -0.4 is 20.7 Å². The van der Waals surface area contributed by atoms with Gasteiger partial charge in [-0.2, -0.15) is 0 Å². The molecule has 4 heterocycles. The van der Waals surface area contributed by atoms with Gasteiger partial charge in [-0.1, -0.05) is 0 Å². The highest BCUT2D eigenvalue weighted by molar-refractivity contribution is 6.05. The summed E-state index contributed by atoms with van der Waals surface area (Å²) in [6.07, 6.45) is 6.62. The number of esters is 1. The van der Waals surface area contributed by atoms with E-state index in [1.165, 1.54) is 7.11 Å². The van der Waals surface area contributed by atoms with Gasteiger partial charge in [-0.15, -0.1) is 0 Å². The Morgan fingerprint density at radius 3 is 2.75 bits per heavy atom. The van der Waals surface area contributed by atoms with Gasteiger partial charge in [-0.25, -0.2) is 9.78 Å². The minimum atomic E-state index is -1.16. The lowest BCUT2D eigenvalue weighted by Gasteiger charge is -2.35. The first kappa shape index (κ1) is 25.5. The Kier molecular flexibility index (Phi) is 7.51. The Morgan fingerprint density at radius 2 is 2.06 bits per heavy atom. The van der Waals surface area contributed by atoms with Gasteiger partial charge in [-0.3, -0.25) is 20.5 Å². The minimum Gasteiger partial charge on any atom is -0.478 e. The van der Waals surface area contributed by atoms with Crippen LogP contribution in [-0.2, 0) is 19.0 Å². The maximum Gasteiger partial charge on any atom is 0.356 e. The molecule has 36 heavy (non-hydrogen) atoms. The van der Waals surface area contributed by atoms with Gasteiger partial charge in [0.05, 0.1) is 37.7 Å². The fourth-order valence-electron chi connectivity index (χ4n) is 4.29. The third kappa shape index (κ3) is 5.80. The number of carbonyl (C=O) groups is 2. The van der Waals surface area contributed by atoms with Crippen LogP contribution in [0.4, 0.5) is 11.5 Å². The van der Waals surface area contributed by atoms with E-state index < -0.39 is 11.8 Å². The lowest BCUT2D eigenvalue weighted by atomic mass is 10.1. The number of aliphatic hydroxyl groups is 1. The van der Waals surface area contributed by atoms with Crippen molar-refractivity contribution in [3.8, 4) is 0 Å². The minimum absolute atomic E-state index is 0.0128. The topological polar surface area (TPSA) is 125 Å². The zero-order valence-electron chi connectivity index (χ0n) is 21.0. The molecule has 1 amide bonds. The Bertz CT molecular complexity index is 1110. The third-order valence-corrected chi connectivity index (χ3v) is 6.07. The van der Waals surface area contributed by atoms with Crippen molar-refractivity contribution in [2.24, 2.45) is 0 Å². The number of pyridine rings is 1. The van der Waals surface area contributed by atoms with Gasteiger partial charge in [0.1, 0.15) is 0 Å². The summed E-state index contributed by atoms with van der Waals surface area (Å²) in [7, 11) is 1.31. The third-order valence-electron chi connectivity index (χ3n) is 6.07. The highest BCUT2D eigenvalue weighted by atomic mass is 16.6. The summed E-state index contributed by atoms with van der Waals surface area (Å²) >= 11 is 0. The van der Waals surface area contributed by atoms with Gasteiger partial charge in [-0.05, 0) is 51.0 Å². The fraction of sp³-hybridized carbons (Fsp3) is 0.480. The molecule has 0 aliphatic carbocycles. The summed E-state index contributed by atoms with van der Waals surface area (Å²) in [4.78, 5) is 33.8. The molecule has 0 aromatic carbocycles. The van der Waals surface area contributed by atoms with Crippen LogP contribution in [0.2, 0.25) is 0 Å². The zero-order chi connectivity index (χ0) is 25.9. The van der Waals surface area contributed by atoms with Crippen molar-refractivity contribution in [3.63, 3.8) is 0 Å². The smallest absolute Gasteiger partial charge is 0.356 e. The van der Waals surface area contributed by atoms with Gasteiger partial charge >= 0.3 is 5.97 Å². The van der Waals surface area contributed by atoms with Crippen molar-refractivity contribution in [3.05, 3.63) is 53.2 Å². The molecule has 3 aliphatic heterocycles. The molecule has 0 radical (unpaired) electrons. The van der Waals surface area contributed by atoms with Crippen LogP contribution in [0.3, 0.4) is 0 Å². The van der Waals surface area contributed by atoms with Crippen LogP contribution >= 0.6 is 0 Å². The molecule has 3 N–H and O–H groups in total. The highest BCUT2D eigenvalue weighted by Gasteiger charge is 2.40. The molecule has 11 nitrogen and oxygen atoms in total. The maximum absolute atomic E-state index is 13.4. The number of anilines is 2. The molecule has 11 heteroatoms. The summed E-state index contributed by atoms with van der Waals surface area (Å²) in [6, 6.07) is 3.44. The molecular formula is C25H33N5O6. The predicted molar refractivity (Wildman–Crippen MR) is 133 cm³/mol. The number of methoxy groups -OCH3 is 1. The van der Waals surface area contributed by atoms with Crippen molar-refractivity contribution in [1.29, 1.82) is 0 Å². The first-order valence-electron chi connectivity index (χ1n) is 12.0. The highest BCUT2D eigenvalue weighted by Crippen LogP contribution is 2.39. The van der Waals surface area contributed by atoms with E-state index in [1.54, 1.807) is 37.0 Å². The van der Waals surface area contributed by atoms with Gasteiger partial charge in [0, 0.05) is 31.7 Å². The van der Waals surface area contributed by atoms with Crippen LogP contribution in [-0.4, -0.2) is 67.2 Å². The maximum atomic E-state index is 13.4. The number of ether oxygens (including phenoxy) is 3. The van der Waals surface area contributed by atoms with E-state index in [2.05, 4.69) is 20.7 Å². The van der Waals surface area contributed by atoms with Crippen molar-refractivity contribution < 1.29 is 28.9 Å². The Labute approximate surface area is 210 Å². The van der Waals surface area contributed by atoms with Crippen LogP contribution in [0.1, 0.15) is 44.1 Å². The largest absolute Gasteiger partial charge is 0.478 e. The molecule has 2 bridgehead atoms. The van der Waals surface area contributed by atoms with Crippen molar-refractivity contribution in [2.75, 3.05) is 43.2 Å². The number of hydrogen-bond donors (Lipinski definition) is 3. The van der Waals surface area contributed by atoms with Crippen LogP contribution in [0.15, 0.2) is 47.5 Å². The molecule has 0 spiro atoms. The summed E-state index contributed by atoms with van der Waals surface area (Å²) in [5.74, 6) is -0.877. The monoisotopic (exact) mass is 499 g/mol. The second kappa shape index (κ2) is 10.6. The molecule has 1 atom stereocenters. The zero-order valence-corrected chi connectivity index (χ0v) is 21.0. The number of hydrazine groups is 1. The summed E-state index contributed by atoms with van der Waals surface area (Å²) in [6.45, 7) is 7.37. The van der Waals surface area contributed by atoms with Crippen LogP contribution in [0.25, 0.3) is 0 Å². The van der Waals surface area contributed by atoms with Gasteiger partial charge in [0.2, 0.25) is 5.88 Å². The fourth-order valence-corrected chi connectivity index (χ4v) is 4.29. The van der Waals surface area contributed by atoms with E-state index in [0.717, 1.165) is 36.5 Å². The van der Waals surface area contributed by atoms with Crippen molar-refractivity contribution in [2.45, 2.75) is 45.4 Å². The van der Waals surface area contributed by atoms with Crippen LogP contribution in [0, 0.1) is 0 Å². The molecule has 0 saturated carbocycles. The first-order valence-corrected chi connectivity index (χ1v) is 12.0. The van der Waals surface area contributed by atoms with Gasteiger partial charge in [0.15, 0.2) is 17.3 Å². The molecule has 1 aromatic heterocycles. The van der Waals surface area contributed by atoms with E-state index in [-0.39, 0.29) is 17.6 Å². The molecule has 4 rings (SSSR count). The van der Waals surface area contributed by atoms with E-state index in [0.29, 0.717) is 31.3 Å². The predicted octanol–water partition coefficient (Wildman–Crippen LogP) is 1.72. The summed E-state index contributed by atoms with van der Waals surface area (Å²) in [5.41, 5.74) is 8.48. The number of fused-ring (bicyclic) bond motifs is 4. The number of rotatable bonds is 9. The molecule has 1 fully saturated rings. The lowest BCUT2D eigenvalue weighted by Crippen LogP contribution is -2.46. The SMILES string of the molecule is COC(=O)c1ccc2c(n1)N(C(=O)C=C(C)C1=CC=C(OCCCOC(C)(C)O)NN1)C1CCN2C1. The summed E-state index contributed by atoms with van der Waals surface area (Å²) in [5, 5.41) is 9.55. The average molecular weight is 500 g/mol. The molecule has 1 aromatic rings. The molecule has 1 saturated heterocycles. The molecule has 3 aliphatic rings.